The van der Waals surface area contributed by atoms with Crippen molar-refractivity contribution < 1.29 is 9.59 Å². The van der Waals surface area contributed by atoms with Gasteiger partial charge in [-0.05, 0) is 43.7 Å². The number of amides is 2. The van der Waals surface area contributed by atoms with E-state index in [1.54, 1.807) is 35.1 Å². The normalized spacial score (nSPS) is 10.6. The topological polar surface area (TPSA) is 76.0 Å². The first-order valence-corrected chi connectivity index (χ1v) is 10.8. The van der Waals surface area contributed by atoms with Crippen LogP contribution in [0.25, 0.3) is 11.3 Å². The van der Waals surface area contributed by atoms with Crippen molar-refractivity contribution in [1.29, 1.82) is 0 Å². The molecule has 0 aliphatic carbocycles. The molecule has 0 fully saturated rings. The van der Waals surface area contributed by atoms with Gasteiger partial charge in [0.25, 0.3) is 5.91 Å². The zero-order chi connectivity index (χ0) is 23.4. The summed E-state index contributed by atoms with van der Waals surface area (Å²) in [7, 11) is 0. The molecule has 6 nitrogen and oxygen atoms in total. The molecule has 2 amide bonds. The van der Waals surface area contributed by atoms with Crippen molar-refractivity contribution in [2.24, 2.45) is 0 Å². The van der Waals surface area contributed by atoms with Crippen LogP contribution in [0, 0.1) is 13.8 Å². The van der Waals surface area contributed by atoms with Gasteiger partial charge in [-0.15, -0.1) is 0 Å². The molecule has 2 N–H and O–H groups in total. The van der Waals surface area contributed by atoms with E-state index < -0.39 is 0 Å². The van der Waals surface area contributed by atoms with E-state index in [4.69, 9.17) is 5.10 Å². The second-order valence-corrected chi connectivity index (χ2v) is 8.15. The van der Waals surface area contributed by atoms with Crippen LogP contribution < -0.4 is 10.6 Å². The molecule has 33 heavy (non-hydrogen) atoms. The highest BCUT2D eigenvalue weighted by Gasteiger charge is 2.18. The van der Waals surface area contributed by atoms with Gasteiger partial charge in [0.15, 0.2) is 0 Å². The van der Waals surface area contributed by atoms with Gasteiger partial charge in [-0.2, -0.15) is 5.10 Å². The fourth-order valence-corrected chi connectivity index (χ4v) is 3.51. The van der Waals surface area contributed by atoms with Crippen LogP contribution in [0.2, 0.25) is 0 Å². The predicted molar refractivity (Wildman–Crippen MR) is 131 cm³/mol. The number of aryl methyl sites for hydroxylation is 2. The summed E-state index contributed by atoms with van der Waals surface area (Å²) in [6.07, 6.45) is 1.79. The van der Waals surface area contributed by atoms with Crippen LogP contribution in [0.5, 0.6) is 0 Å². The van der Waals surface area contributed by atoms with Crippen molar-refractivity contribution in [3.63, 3.8) is 0 Å². The Bertz CT molecular complexity index is 1270. The molecule has 0 bridgehead atoms. The van der Waals surface area contributed by atoms with Crippen LogP contribution in [-0.4, -0.2) is 21.6 Å². The lowest BCUT2D eigenvalue weighted by molar-refractivity contribution is -0.114. The number of nitrogens with one attached hydrogen (secondary N) is 2. The second-order valence-electron chi connectivity index (χ2n) is 8.15. The van der Waals surface area contributed by atoms with E-state index >= 15 is 0 Å². The lowest BCUT2D eigenvalue weighted by Crippen LogP contribution is -2.12. The molecule has 0 aliphatic rings. The van der Waals surface area contributed by atoms with Crippen LogP contribution in [-0.2, 0) is 11.3 Å². The molecule has 0 aliphatic heterocycles. The Hall–Kier alpha value is -4.19. The Morgan fingerprint density at radius 2 is 1.33 bits per heavy atom. The Balaban J connectivity index is 1.62. The third-order valence-corrected chi connectivity index (χ3v) is 5.26. The van der Waals surface area contributed by atoms with E-state index in [0.29, 0.717) is 29.2 Å². The SMILES string of the molecule is CC(=O)Nc1ccc(NC(=O)c2cn(Cc3ccc(C)cc3)nc2-c2ccc(C)cc2)cc1. The highest BCUT2D eigenvalue weighted by Crippen LogP contribution is 2.25. The van der Waals surface area contributed by atoms with Crippen molar-refractivity contribution in [2.75, 3.05) is 10.6 Å². The monoisotopic (exact) mass is 438 g/mol. The average molecular weight is 439 g/mol. The Labute approximate surface area is 193 Å². The van der Waals surface area contributed by atoms with Gasteiger partial charge in [0.2, 0.25) is 5.91 Å². The van der Waals surface area contributed by atoms with E-state index in [0.717, 1.165) is 16.7 Å². The van der Waals surface area contributed by atoms with E-state index in [9.17, 15) is 9.59 Å². The van der Waals surface area contributed by atoms with Crippen LogP contribution >= 0.6 is 0 Å². The molecule has 3 aromatic carbocycles. The third-order valence-electron chi connectivity index (χ3n) is 5.26. The lowest BCUT2D eigenvalue weighted by atomic mass is 10.1. The minimum Gasteiger partial charge on any atom is -0.326 e. The standard InChI is InChI=1S/C27H26N4O2/c1-18-4-8-21(9-5-18)16-31-17-25(26(30-31)22-10-6-19(2)7-11-22)27(33)29-24-14-12-23(13-15-24)28-20(3)32/h4-15,17H,16H2,1-3H3,(H,28,32)(H,29,33). The zero-order valence-electron chi connectivity index (χ0n) is 18.9. The van der Waals surface area contributed by atoms with Gasteiger partial charge in [-0.3, -0.25) is 14.3 Å². The predicted octanol–water partition coefficient (Wildman–Crippen LogP) is 5.43. The fourth-order valence-electron chi connectivity index (χ4n) is 3.51. The quantitative estimate of drug-likeness (QED) is 0.422. The number of nitrogens with zero attached hydrogens (tertiary/aromatic N) is 2. The number of rotatable bonds is 6. The van der Waals surface area contributed by atoms with Crippen LogP contribution in [0.4, 0.5) is 11.4 Å². The number of aromatic nitrogens is 2. The summed E-state index contributed by atoms with van der Waals surface area (Å²) >= 11 is 0. The maximum atomic E-state index is 13.2. The van der Waals surface area contributed by atoms with Crippen molar-refractivity contribution in [3.05, 3.63) is 101 Å². The molecule has 166 valence electrons. The summed E-state index contributed by atoms with van der Waals surface area (Å²) in [4.78, 5) is 24.4. The van der Waals surface area contributed by atoms with Crippen molar-refractivity contribution in [3.8, 4) is 11.3 Å². The van der Waals surface area contributed by atoms with Gasteiger partial charge < -0.3 is 10.6 Å². The average Bonchev–Trinajstić information content (AvgIpc) is 3.21. The smallest absolute Gasteiger partial charge is 0.259 e. The number of hydrogen-bond donors (Lipinski definition) is 2. The van der Waals surface area contributed by atoms with Crippen LogP contribution in [0.1, 0.15) is 34.0 Å². The van der Waals surface area contributed by atoms with Crippen LogP contribution in [0.15, 0.2) is 79.0 Å². The Kier molecular flexibility index (Phi) is 6.36. The van der Waals surface area contributed by atoms with E-state index in [1.807, 2.05) is 31.2 Å². The molecular formula is C27H26N4O2. The Morgan fingerprint density at radius 1 is 0.788 bits per heavy atom. The molecule has 0 atom stereocenters. The van der Waals surface area contributed by atoms with Crippen LogP contribution in [0.3, 0.4) is 0 Å². The van der Waals surface area contributed by atoms with Crippen molar-refractivity contribution >= 4 is 23.2 Å². The highest BCUT2D eigenvalue weighted by molar-refractivity contribution is 6.08. The first-order valence-electron chi connectivity index (χ1n) is 10.8. The van der Waals surface area contributed by atoms with Gasteiger partial charge >= 0.3 is 0 Å². The molecule has 6 heteroatoms. The Morgan fingerprint density at radius 3 is 1.91 bits per heavy atom. The molecule has 0 radical (unpaired) electrons. The summed E-state index contributed by atoms with van der Waals surface area (Å²) in [5.74, 6) is -0.386. The maximum absolute atomic E-state index is 13.2. The van der Waals surface area contributed by atoms with E-state index in [-0.39, 0.29) is 11.8 Å². The summed E-state index contributed by atoms with van der Waals surface area (Å²) in [6.45, 7) is 6.10. The molecule has 0 saturated carbocycles. The minimum absolute atomic E-state index is 0.143. The molecule has 0 spiro atoms. The summed E-state index contributed by atoms with van der Waals surface area (Å²) in [5.41, 5.74) is 6.77. The number of benzene rings is 3. The summed E-state index contributed by atoms with van der Waals surface area (Å²) in [5, 5.41) is 10.4. The molecule has 1 heterocycles. The number of hydrogen-bond acceptors (Lipinski definition) is 3. The molecule has 0 unspecified atom stereocenters. The molecule has 0 saturated heterocycles. The van der Waals surface area contributed by atoms with Gasteiger partial charge in [-0.1, -0.05) is 59.7 Å². The molecule has 4 rings (SSSR count). The van der Waals surface area contributed by atoms with Gasteiger partial charge in [0.1, 0.15) is 5.69 Å². The second kappa shape index (κ2) is 9.53. The van der Waals surface area contributed by atoms with Crippen molar-refractivity contribution in [2.45, 2.75) is 27.3 Å². The van der Waals surface area contributed by atoms with Gasteiger partial charge in [0.05, 0.1) is 12.1 Å². The van der Waals surface area contributed by atoms with E-state index in [2.05, 4.69) is 41.8 Å². The van der Waals surface area contributed by atoms with Gasteiger partial charge in [-0.25, -0.2) is 0 Å². The summed E-state index contributed by atoms with van der Waals surface area (Å²) < 4.78 is 1.80. The summed E-state index contributed by atoms with van der Waals surface area (Å²) in [6, 6.07) is 23.3. The zero-order valence-corrected chi connectivity index (χ0v) is 18.9. The molecule has 1 aromatic heterocycles. The number of carbonyl (C=O) groups is 2. The largest absolute Gasteiger partial charge is 0.326 e. The number of anilines is 2. The highest BCUT2D eigenvalue weighted by atomic mass is 16.2. The third kappa shape index (κ3) is 5.54. The molecular weight excluding hydrogens is 412 g/mol. The maximum Gasteiger partial charge on any atom is 0.259 e. The lowest BCUT2D eigenvalue weighted by Gasteiger charge is -2.07. The number of carbonyl (C=O) groups excluding carboxylic acids is 2. The van der Waals surface area contributed by atoms with E-state index in [1.165, 1.54) is 12.5 Å². The molecule has 4 aromatic rings. The first kappa shape index (κ1) is 22.0. The van der Waals surface area contributed by atoms with Gasteiger partial charge in [0, 0.05) is 30.1 Å². The first-order chi connectivity index (χ1) is 15.9. The fraction of sp³-hybridized carbons (Fsp3) is 0.148. The van der Waals surface area contributed by atoms with Crippen molar-refractivity contribution in [1.82, 2.24) is 9.78 Å². The minimum atomic E-state index is -0.243.